The van der Waals surface area contributed by atoms with Crippen molar-refractivity contribution < 1.29 is 19.4 Å². The Kier molecular flexibility index (Phi) is 3.96. The number of fused-ring (bicyclic) bond motifs is 1. The third-order valence-electron chi connectivity index (χ3n) is 5.26. The van der Waals surface area contributed by atoms with Crippen LogP contribution >= 0.6 is 0 Å². The van der Waals surface area contributed by atoms with Gasteiger partial charge in [-0.25, -0.2) is 0 Å². The fraction of sp³-hybridized carbons (Fsp3) is 0.867. The summed E-state index contributed by atoms with van der Waals surface area (Å²) in [6.45, 7) is 0.812. The average Bonchev–Trinajstić information content (AvgIpc) is 3.08. The lowest BCUT2D eigenvalue weighted by atomic mass is 9.81. The molecule has 1 saturated heterocycles. The van der Waals surface area contributed by atoms with Crippen molar-refractivity contribution in [1.29, 1.82) is 0 Å². The second-order valence-corrected chi connectivity index (χ2v) is 6.45. The van der Waals surface area contributed by atoms with E-state index in [0.29, 0.717) is 31.3 Å². The molecule has 0 radical (unpaired) electrons. The van der Waals surface area contributed by atoms with Crippen molar-refractivity contribution in [3.63, 3.8) is 0 Å². The van der Waals surface area contributed by atoms with Crippen LogP contribution in [-0.2, 0) is 14.3 Å². The molecule has 3 rings (SSSR count). The number of amides is 1. The van der Waals surface area contributed by atoms with Crippen LogP contribution in [0.25, 0.3) is 0 Å². The van der Waals surface area contributed by atoms with E-state index in [-0.39, 0.29) is 23.8 Å². The number of carbonyl (C=O) groups excluding carboxylic acids is 1. The van der Waals surface area contributed by atoms with Crippen molar-refractivity contribution in [3.8, 4) is 0 Å². The molecule has 2 saturated carbocycles. The van der Waals surface area contributed by atoms with Crippen molar-refractivity contribution in [3.05, 3.63) is 0 Å². The van der Waals surface area contributed by atoms with Gasteiger partial charge in [0.05, 0.1) is 12.0 Å². The van der Waals surface area contributed by atoms with Gasteiger partial charge in [-0.15, -0.1) is 0 Å². The molecule has 5 nitrogen and oxygen atoms in total. The third kappa shape index (κ3) is 2.68. The Morgan fingerprint density at radius 3 is 2.60 bits per heavy atom. The summed E-state index contributed by atoms with van der Waals surface area (Å²) in [5, 5.41) is 12.2. The molecule has 5 heteroatoms. The molecule has 5 atom stereocenters. The highest BCUT2D eigenvalue weighted by Gasteiger charge is 2.40. The summed E-state index contributed by atoms with van der Waals surface area (Å²) in [5.41, 5.74) is 0. The van der Waals surface area contributed by atoms with E-state index in [1.165, 1.54) is 0 Å². The summed E-state index contributed by atoms with van der Waals surface area (Å²) in [6.07, 6.45) is 6.45. The van der Waals surface area contributed by atoms with Crippen LogP contribution < -0.4 is 5.32 Å². The molecule has 1 heterocycles. The minimum Gasteiger partial charge on any atom is -0.481 e. The molecule has 20 heavy (non-hydrogen) atoms. The summed E-state index contributed by atoms with van der Waals surface area (Å²) in [6, 6.07) is 0.229. The first kappa shape index (κ1) is 13.9. The van der Waals surface area contributed by atoms with Crippen LogP contribution in [0.5, 0.6) is 0 Å². The molecule has 0 spiro atoms. The van der Waals surface area contributed by atoms with Crippen molar-refractivity contribution in [2.24, 2.45) is 17.8 Å². The zero-order chi connectivity index (χ0) is 14.1. The third-order valence-corrected chi connectivity index (χ3v) is 5.26. The first-order valence-electron chi connectivity index (χ1n) is 7.80. The Labute approximate surface area is 119 Å². The molecule has 3 unspecified atom stereocenters. The van der Waals surface area contributed by atoms with E-state index < -0.39 is 5.97 Å². The number of ether oxygens (including phenoxy) is 1. The van der Waals surface area contributed by atoms with Crippen LogP contribution in [0.15, 0.2) is 0 Å². The van der Waals surface area contributed by atoms with E-state index in [0.717, 1.165) is 32.3 Å². The lowest BCUT2D eigenvalue weighted by Gasteiger charge is -2.33. The zero-order valence-corrected chi connectivity index (χ0v) is 11.7. The standard InChI is InChI=1S/C15H23NO4/c17-14(9-4-5-10(8-9)15(18)19)16-12-2-1-3-13-11(12)6-7-20-13/h9-13H,1-8H2,(H,16,17)(H,18,19)/t9-,10+,11?,12?,13?/m0/s1. The van der Waals surface area contributed by atoms with Gasteiger partial charge in [0.1, 0.15) is 0 Å². The van der Waals surface area contributed by atoms with Crippen LogP contribution in [0, 0.1) is 17.8 Å². The highest BCUT2D eigenvalue weighted by Crippen LogP contribution is 2.36. The van der Waals surface area contributed by atoms with Crippen LogP contribution in [0.1, 0.15) is 44.9 Å². The van der Waals surface area contributed by atoms with E-state index in [1.807, 2.05) is 0 Å². The number of carboxylic acid groups (broad SMARTS) is 1. The molecule has 0 aromatic rings. The number of hydrogen-bond acceptors (Lipinski definition) is 3. The Balaban J connectivity index is 1.55. The number of aliphatic carboxylic acids is 1. The van der Waals surface area contributed by atoms with E-state index in [9.17, 15) is 9.59 Å². The quantitative estimate of drug-likeness (QED) is 0.823. The molecule has 3 fully saturated rings. The minimum atomic E-state index is -0.762. The zero-order valence-electron chi connectivity index (χ0n) is 11.7. The van der Waals surface area contributed by atoms with Gasteiger partial charge in [0, 0.05) is 24.5 Å². The molecular weight excluding hydrogens is 258 g/mol. The smallest absolute Gasteiger partial charge is 0.306 e. The van der Waals surface area contributed by atoms with Crippen LogP contribution in [0.4, 0.5) is 0 Å². The topological polar surface area (TPSA) is 75.6 Å². The lowest BCUT2D eigenvalue weighted by molar-refractivity contribution is -0.141. The molecule has 3 aliphatic rings. The maximum absolute atomic E-state index is 12.3. The normalized spacial score (nSPS) is 40.3. The highest BCUT2D eigenvalue weighted by molar-refractivity contribution is 5.81. The van der Waals surface area contributed by atoms with Gasteiger partial charge >= 0.3 is 5.97 Å². The van der Waals surface area contributed by atoms with Gasteiger partial charge in [-0.2, -0.15) is 0 Å². The Morgan fingerprint density at radius 2 is 1.85 bits per heavy atom. The van der Waals surface area contributed by atoms with Crippen LogP contribution in [-0.4, -0.2) is 35.7 Å². The van der Waals surface area contributed by atoms with E-state index in [2.05, 4.69) is 5.32 Å². The second kappa shape index (κ2) is 5.72. The van der Waals surface area contributed by atoms with Gasteiger partial charge in [-0.1, -0.05) is 0 Å². The number of rotatable bonds is 3. The maximum Gasteiger partial charge on any atom is 0.306 e. The van der Waals surface area contributed by atoms with Gasteiger partial charge in [0.15, 0.2) is 0 Å². The summed E-state index contributed by atoms with van der Waals surface area (Å²) in [5.74, 6) is -0.684. The predicted octanol–water partition coefficient (Wildman–Crippen LogP) is 1.56. The lowest BCUT2D eigenvalue weighted by Crippen LogP contribution is -2.47. The molecule has 1 aliphatic heterocycles. The molecule has 0 bridgehead atoms. The first-order valence-corrected chi connectivity index (χ1v) is 7.80. The molecule has 2 aliphatic carbocycles. The molecule has 0 aromatic heterocycles. The largest absolute Gasteiger partial charge is 0.481 e. The van der Waals surface area contributed by atoms with Crippen molar-refractivity contribution in [2.45, 2.75) is 57.1 Å². The predicted molar refractivity (Wildman–Crippen MR) is 72.1 cm³/mol. The number of nitrogens with one attached hydrogen (secondary N) is 1. The second-order valence-electron chi connectivity index (χ2n) is 6.45. The van der Waals surface area contributed by atoms with Crippen molar-refractivity contribution in [1.82, 2.24) is 5.32 Å². The van der Waals surface area contributed by atoms with Crippen LogP contribution in [0.3, 0.4) is 0 Å². The van der Waals surface area contributed by atoms with Crippen molar-refractivity contribution >= 4 is 11.9 Å². The van der Waals surface area contributed by atoms with E-state index >= 15 is 0 Å². The molecule has 2 N–H and O–H groups in total. The SMILES string of the molecule is O=C(O)[C@@H]1CC[C@H](C(=O)NC2CCCC3OCCC23)C1. The minimum absolute atomic E-state index is 0.0614. The molecule has 112 valence electrons. The van der Waals surface area contributed by atoms with Crippen LogP contribution in [0.2, 0.25) is 0 Å². The van der Waals surface area contributed by atoms with Gasteiger partial charge < -0.3 is 15.2 Å². The highest BCUT2D eigenvalue weighted by atomic mass is 16.5. The first-order chi connectivity index (χ1) is 9.65. The molecular formula is C15H23NO4. The Bertz CT molecular complexity index is 397. The van der Waals surface area contributed by atoms with Gasteiger partial charge in [0.25, 0.3) is 0 Å². The Morgan fingerprint density at radius 1 is 1.05 bits per heavy atom. The summed E-state index contributed by atoms with van der Waals surface area (Å²) >= 11 is 0. The van der Waals surface area contributed by atoms with Crippen molar-refractivity contribution in [2.75, 3.05) is 6.61 Å². The average molecular weight is 281 g/mol. The number of carbonyl (C=O) groups is 2. The molecule has 1 amide bonds. The summed E-state index contributed by atoms with van der Waals surface area (Å²) in [7, 11) is 0. The monoisotopic (exact) mass is 281 g/mol. The Hall–Kier alpha value is -1.10. The summed E-state index contributed by atoms with van der Waals surface area (Å²) in [4.78, 5) is 23.3. The fourth-order valence-corrected chi connectivity index (χ4v) is 4.10. The maximum atomic E-state index is 12.3. The van der Waals surface area contributed by atoms with Gasteiger partial charge in [-0.05, 0) is 44.9 Å². The summed E-state index contributed by atoms with van der Waals surface area (Å²) < 4.78 is 5.71. The van der Waals surface area contributed by atoms with E-state index in [1.54, 1.807) is 0 Å². The fourth-order valence-electron chi connectivity index (χ4n) is 4.10. The number of carboxylic acids is 1. The van der Waals surface area contributed by atoms with E-state index in [4.69, 9.17) is 9.84 Å². The van der Waals surface area contributed by atoms with Gasteiger partial charge in [-0.3, -0.25) is 9.59 Å². The van der Waals surface area contributed by atoms with Gasteiger partial charge in [0.2, 0.25) is 5.91 Å². The molecule has 0 aromatic carbocycles. The number of hydrogen-bond donors (Lipinski definition) is 2.